The summed E-state index contributed by atoms with van der Waals surface area (Å²) in [6.07, 6.45) is 10.0. The van der Waals surface area contributed by atoms with E-state index in [2.05, 4.69) is 16.7 Å². The van der Waals surface area contributed by atoms with Crippen molar-refractivity contribution in [3.05, 3.63) is 0 Å². The molecule has 96 valence electrons. The number of rotatable bonds is 2. The van der Waals surface area contributed by atoms with E-state index in [0.29, 0.717) is 18.1 Å². The largest absolute Gasteiger partial charge is 0.324 e. The predicted octanol–water partition coefficient (Wildman–Crippen LogP) is 2.36. The Morgan fingerprint density at radius 1 is 1.29 bits per heavy atom. The van der Waals surface area contributed by atoms with Crippen molar-refractivity contribution < 1.29 is 4.79 Å². The molecular weight excluding hydrogens is 212 g/mol. The number of hydrogen-bond acceptors (Lipinski definition) is 2. The van der Waals surface area contributed by atoms with E-state index in [1.165, 1.54) is 45.1 Å². The first-order chi connectivity index (χ1) is 8.31. The summed E-state index contributed by atoms with van der Waals surface area (Å²) < 4.78 is 0. The molecule has 0 spiro atoms. The van der Waals surface area contributed by atoms with Crippen LogP contribution >= 0.6 is 0 Å². The van der Waals surface area contributed by atoms with Crippen LogP contribution in [0.5, 0.6) is 0 Å². The minimum absolute atomic E-state index is 0.414. The molecule has 3 atom stereocenters. The summed E-state index contributed by atoms with van der Waals surface area (Å²) in [6, 6.07) is 1.31. The molecule has 3 saturated heterocycles. The van der Waals surface area contributed by atoms with E-state index in [0.717, 1.165) is 18.9 Å². The SMILES string of the molecule is CCC[C@@H]1C[C@H]2CCCCN2[C@H]2CCC(=O)N12. The highest BCUT2D eigenvalue weighted by Crippen LogP contribution is 2.38. The molecule has 1 amide bonds. The molecular formula is C14H24N2O. The molecule has 0 aromatic carbocycles. The highest BCUT2D eigenvalue weighted by atomic mass is 16.2. The molecule has 0 aliphatic carbocycles. The molecule has 0 unspecified atom stereocenters. The molecule has 3 heterocycles. The first kappa shape index (κ1) is 11.5. The Labute approximate surface area is 104 Å². The summed E-state index contributed by atoms with van der Waals surface area (Å²) in [4.78, 5) is 16.9. The Kier molecular flexibility index (Phi) is 3.12. The van der Waals surface area contributed by atoms with Gasteiger partial charge in [-0.25, -0.2) is 0 Å². The molecule has 3 fully saturated rings. The highest BCUT2D eigenvalue weighted by Gasteiger charge is 2.46. The number of piperidine rings is 1. The summed E-state index contributed by atoms with van der Waals surface area (Å²) in [6.45, 7) is 3.46. The second kappa shape index (κ2) is 4.60. The van der Waals surface area contributed by atoms with Crippen LogP contribution < -0.4 is 0 Å². The van der Waals surface area contributed by atoms with Gasteiger partial charge in [0.1, 0.15) is 0 Å². The molecule has 0 bridgehead atoms. The third-order valence-electron chi connectivity index (χ3n) is 4.84. The van der Waals surface area contributed by atoms with Crippen molar-refractivity contribution >= 4 is 5.91 Å². The number of hydrogen-bond donors (Lipinski definition) is 0. The van der Waals surface area contributed by atoms with Gasteiger partial charge in [0.2, 0.25) is 5.91 Å². The van der Waals surface area contributed by atoms with Gasteiger partial charge in [-0.1, -0.05) is 19.8 Å². The van der Waals surface area contributed by atoms with E-state index in [9.17, 15) is 4.79 Å². The van der Waals surface area contributed by atoms with Gasteiger partial charge in [0.15, 0.2) is 0 Å². The van der Waals surface area contributed by atoms with E-state index in [1.54, 1.807) is 0 Å². The number of carbonyl (C=O) groups is 1. The fraction of sp³-hybridized carbons (Fsp3) is 0.929. The summed E-state index contributed by atoms with van der Waals surface area (Å²) in [5.74, 6) is 0.414. The van der Waals surface area contributed by atoms with Crippen LogP contribution in [0.15, 0.2) is 0 Å². The lowest BCUT2D eigenvalue weighted by Crippen LogP contribution is -2.61. The zero-order valence-corrected chi connectivity index (χ0v) is 10.9. The molecule has 17 heavy (non-hydrogen) atoms. The zero-order chi connectivity index (χ0) is 11.8. The smallest absolute Gasteiger partial charge is 0.224 e. The normalized spacial score (nSPS) is 38.1. The monoisotopic (exact) mass is 236 g/mol. The van der Waals surface area contributed by atoms with Gasteiger partial charge >= 0.3 is 0 Å². The number of nitrogens with zero attached hydrogens (tertiary/aromatic N) is 2. The van der Waals surface area contributed by atoms with Crippen molar-refractivity contribution in [3.8, 4) is 0 Å². The van der Waals surface area contributed by atoms with Crippen LogP contribution in [0, 0.1) is 0 Å². The molecule has 0 saturated carbocycles. The van der Waals surface area contributed by atoms with Crippen molar-refractivity contribution in [3.63, 3.8) is 0 Å². The number of carbonyl (C=O) groups excluding carboxylic acids is 1. The standard InChI is InChI=1S/C14H24N2O/c1-2-5-12-10-11-6-3-4-9-15(11)13-7-8-14(17)16(12)13/h11-13H,2-10H2,1H3/t11-,12-,13-/m1/s1. The second-order valence-corrected chi connectivity index (χ2v) is 5.89. The van der Waals surface area contributed by atoms with Crippen LogP contribution in [0.25, 0.3) is 0 Å². The van der Waals surface area contributed by atoms with Gasteiger partial charge in [0.05, 0.1) is 6.17 Å². The zero-order valence-electron chi connectivity index (χ0n) is 10.9. The topological polar surface area (TPSA) is 23.6 Å². The van der Waals surface area contributed by atoms with E-state index >= 15 is 0 Å². The summed E-state index contributed by atoms with van der Waals surface area (Å²) in [5.41, 5.74) is 0. The molecule has 3 heteroatoms. The summed E-state index contributed by atoms with van der Waals surface area (Å²) in [5, 5.41) is 0. The van der Waals surface area contributed by atoms with Crippen LogP contribution in [-0.2, 0) is 4.79 Å². The van der Waals surface area contributed by atoms with Crippen molar-refractivity contribution in [2.24, 2.45) is 0 Å². The lowest BCUT2D eigenvalue weighted by molar-refractivity contribution is -0.142. The van der Waals surface area contributed by atoms with Crippen LogP contribution in [0.2, 0.25) is 0 Å². The van der Waals surface area contributed by atoms with Crippen molar-refractivity contribution in [1.82, 2.24) is 9.80 Å². The Balaban J connectivity index is 1.82. The van der Waals surface area contributed by atoms with Crippen molar-refractivity contribution in [2.75, 3.05) is 6.54 Å². The van der Waals surface area contributed by atoms with Gasteiger partial charge in [0, 0.05) is 25.0 Å². The maximum absolute atomic E-state index is 12.1. The van der Waals surface area contributed by atoms with E-state index in [4.69, 9.17) is 0 Å². The van der Waals surface area contributed by atoms with Crippen molar-refractivity contribution in [2.45, 2.75) is 76.5 Å². The van der Waals surface area contributed by atoms with Gasteiger partial charge in [0.25, 0.3) is 0 Å². The molecule has 3 aliphatic rings. The maximum Gasteiger partial charge on any atom is 0.224 e. The minimum atomic E-state index is 0.414. The summed E-state index contributed by atoms with van der Waals surface area (Å²) >= 11 is 0. The Bertz CT molecular complexity index is 305. The molecule has 0 aromatic heterocycles. The van der Waals surface area contributed by atoms with Gasteiger partial charge in [-0.05, 0) is 32.1 Å². The Morgan fingerprint density at radius 3 is 3.00 bits per heavy atom. The van der Waals surface area contributed by atoms with Crippen LogP contribution in [-0.4, -0.2) is 40.5 Å². The average Bonchev–Trinajstić information content (AvgIpc) is 2.73. The Hall–Kier alpha value is -0.570. The molecule has 3 rings (SSSR count). The third kappa shape index (κ3) is 1.88. The quantitative estimate of drug-likeness (QED) is 0.735. The van der Waals surface area contributed by atoms with E-state index in [1.807, 2.05) is 0 Å². The van der Waals surface area contributed by atoms with Crippen molar-refractivity contribution in [1.29, 1.82) is 0 Å². The van der Waals surface area contributed by atoms with E-state index in [-0.39, 0.29) is 0 Å². The number of amides is 1. The molecule has 0 aromatic rings. The second-order valence-electron chi connectivity index (χ2n) is 5.89. The van der Waals surface area contributed by atoms with E-state index < -0.39 is 0 Å². The van der Waals surface area contributed by atoms with Gasteiger partial charge in [-0.2, -0.15) is 0 Å². The van der Waals surface area contributed by atoms with Crippen LogP contribution in [0.1, 0.15) is 58.3 Å². The summed E-state index contributed by atoms with van der Waals surface area (Å²) in [7, 11) is 0. The first-order valence-electron chi connectivity index (χ1n) is 7.38. The molecule has 3 aliphatic heterocycles. The molecule has 3 nitrogen and oxygen atoms in total. The van der Waals surface area contributed by atoms with Crippen LogP contribution in [0.3, 0.4) is 0 Å². The fourth-order valence-corrected chi connectivity index (χ4v) is 4.15. The van der Waals surface area contributed by atoms with Gasteiger partial charge < -0.3 is 4.90 Å². The fourth-order valence-electron chi connectivity index (χ4n) is 4.15. The Morgan fingerprint density at radius 2 is 2.18 bits per heavy atom. The molecule has 0 radical (unpaired) electrons. The third-order valence-corrected chi connectivity index (χ3v) is 4.84. The van der Waals surface area contributed by atoms with Crippen LogP contribution in [0.4, 0.5) is 0 Å². The lowest BCUT2D eigenvalue weighted by atomic mass is 9.89. The van der Waals surface area contributed by atoms with Gasteiger partial charge in [-0.3, -0.25) is 9.69 Å². The predicted molar refractivity (Wildman–Crippen MR) is 67.5 cm³/mol. The maximum atomic E-state index is 12.1. The number of fused-ring (bicyclic) bond motifs is 3. The lowest BCUT2D eigenvalue weighted by Gasteiger charge is -2.51. The minimum Gasteiger partial charge on any atom is -0.324 e. The molecule has 0 N–H and O–H groups in total. The average molecular weight is 236 g/mol. The van der Waals surface area contributed by atoms with Gasteiger partial charge in [-0.15, -0.1) is 0 Å². The first-order valence-corrected chi connectivity index (χ1v) is 7.38. The highest BCUT2D eigenvalue weighted by molar-refractivity contribution is 5.79.